The molecule has 0 bridgehead atoms. The molecule has 5 heteroatoms. The quantitative estimate of drug-likeness (QED) is 0.747. The van der Waals surface area contributed by atoms with E-state index in [1.165, 1.54) is 7.11 Å². The Labute approximate surface area is 120 Å². The maximum atomic E-state index is 11.5. The Morgan fingerprint density at radius 1 is 1.35 bits per heavy atom. The summed E-state index contributed by atoms with van der Waals surface area (Å²) in [4.78, 5) is 18.0. The van der Waals surface area contributed by atoms with Gasteiger partial charge in [0.25, 0.3) is 0 Å². The SMILES string of the molecule is COC(=O)CN(Cc1ncc(C)c(OC)c1C)C(C)C. The largest absolute Gasteiger partial charge is 0.496 e. The molecular formula is C15H24N2O3. The van der Waals surface area contributed by atoms with Crippen molar-refractivity contribution in [2.75, 3.05) is 20.8 Å². The molecule has 1 rings (SSSR count). The number of esters is 1. The van der Waals surface area contributed by atoms with Crippen LogP contribution in [0.5, 0.6) is 5.75 Å². The molecular weight excluding hydrogens is 256 g/mol. The van der Waals surface area contributed by atoms with Crippen LogP contribution in [-0.4, -0.2) is 42.7 Å². The average Bonchev–Trinajstić information content (AvgIpc) is 2.41. The van der Waals surface area contributed by atoms with Crippen molar-refractivity contribution in [3.8, 4) is 5.75 Å². The van der Waals surface area contributed by atoms with E-state index in [-0.39, 0.29) is 18.6 Å². The molecule has 0 aliphatic heterocycles. The lowest BCUT2D eigenvalue weighted by molar-refractivity contribution is -0.142. The maximum Gasteiger partial charge on any atom is 0.319 e. The van der Waals surface area contributed by atoms with E-state index >= 15 is 0 Å². The molecule has 5 nitrogen and oxygen atoms in total. The van der Waals surface area contributed by atoms with Crippen molar-refractivity contribution < 1.29 is 14.3 Å². The lowest BCUT2D eigenvalue weighted by Crippen LogP contribution is -2.36. The van der Waals surface area contributed by atoms with E-state index in [2.05, 4.69) is 4.98 Å². The van der Waals surface area contributed by atoms with Crippen LogP contribution in [0.2, 0.25) is 0 Å². The van der Waals surface area contributed by atoms with Crippen LogP contribution in [-0.2, 0) is 16.1 Å². The van der Waals surface area contributed by atoms with Gasteiger partial charge >= 0.3 is 5.97 Å². The summed E-state index contributed by atoms with van der Waals surface area (Å²) in [5, 5.41) is 0. The number of pyridine rings is 1. The first-order valence-electron chi connectivity index (χ1n) is 6.70. The van der Waals surface area contributed by atoms with Crippen molar-refractivity contribution in [2.24, 2.45) is 0 Å². The smallest absolute Gasteiger partial charge is 0.319 e. The zero-order valence-corrected chi connectivity index (χ0v) is 13.2. The highest BCUT2D eigenvalue weighted by Crippen LogP contribution is 2.25. The summed E-state index contributed by atoms with van der Waals surface area (Å²) in [5.74, 6) is 0.618. The van der Waals surface area contributed by atoms with Crippen LogP contribution in [0.25, 0.3) is 0 Å². The lowest BCUT2D eigenvalue weighted by Gasteiger charge is -2.25. The molecule has 0 saturated heterocycles. The first-order chi connectivity index (χ1) is 9.40. The van der Waals surface area contributed by atoms with E-state index in [0.29, 0.717) is 6.54 Å². The Kier molecular flexibility index (Phi) is 5.95. The number of methoxy groups -OCH3 is 2. The minimum atomic E-state index is -0.240. The van der Waals surface area contributed by atoms with Crippen molar-refractivity contribution >= 4 is 5.97 Å². The van der Waals surface area contributed by atoms with Gasteiger partial charge in [0.05, 0.1) is 26.5 Å². The molecule has 1 heterocycles. The molecule has 0 aromatic carbocycles. The van der Waals surface area contributed by atoms with E-state index in [4.69, 9.17) is 9.47 Å². The summed E-state index contributed by atoms with van der Waals surface area (Å²) in [6, 6.07) is 0.225. The third-order valence-corrected chi connectivity index (χ3v) is 3.39. The van der Waals surface area contributed by atoms with Crippen LogP contribution in [0.15, 0.2) is 6.20 Å². The Morgan fingerprint density at radius 2 is 2.00 bits per heavy atom. The number of ether oxygens (including phenoxy) is 2. The van der Waals surface area contributed by atoms with Crippen LogP contribution in [0.4, 0.5) is 0 Å². The minimum absolute atomic E-state index is 0.225. The zero-order valence-electron chi connectivity index (χ0n) is 13.2. The van der Waals surface area contributed by atoms with Crippen LogP contribution in [0, 0.1) is 13.8 Å². The molecule has 0 atom stereocenters. The van der Waals surface area contributed by atoms with Gasteiger partial charge in [-0.15, -0.1) is 0 Å². The third-order valence-electron chi connectivity index (χ3n) is 3.39. The first kappa shape index (κ1) is 16.4. The summed E-state index contributed by atoms with van der Waals surface area (Å²) in [7, 11) is 3.06. The number of aryl methyl sites for hydroxylation is 1. The van der Waals surface area contributed by atoms with Gasteiger partial charge < -0.3 is 9.47 Å². The normalized spacial score (nSPS) is 11.0. The van der Waals surface area contributed by atoms with Crippen LogP contribution in [0.3, 0.4) is 0 Å². The number of rotatable bonds is 6. The first-order valence-corrected chi connectivity index (χ1v) is 6.70. The van der Waals surface area contributed by atoms with Gasteiger partial charge in [-0.2, -0.15) is 0 Å². The van der Waals surface area contributed by atoms with Crippen LogP contribution < -0.4 is 4.74 Å². The molecule has 20 heavy (non-hydrogen) atoms. The zero-order chi connectivity index (χ0) is 15.3. The number of aromatic nitrogens is 1. The third kappa shape index (κ3) is 3.93. The molecule has 0 unspecified atom stereocenters. The molecule has 1 aromatic rings. The van der Waals surface area contributed by atoms with Gasteiger partial charge in [0, 0.05) is 29.9 Å². The predicted octanol–water partition coefficient (Wildman–Crippen LogP) is 2.09. The summed E-state index contributed by atoms with van der Waals surface area (Å²) >= 11 is 0. The highest BCUT2D eigenvalue weighted by Gasteiger charge is 2.18. The number of nitrogens with zero attached hydrogens (tertiary/aromatic N) is 2. The number of carbonyl (C=O) groups excluding carboxylic acids is 1. The highest BCUT2D eigenvalue weighted by molar-refractivity contribution is 5.71. The molecule has 0 fully saturated rings. The fourth-order valence-electron chi connectivity index (χ4n) is 2.07. The van der Waals surface area contributed by atoms with Crippen molar-refractivity contribution in [3.05, 3.63) is 23.0 Å². The van der Waals surface area contributed by atoms with Crippen LogP contribution in [0.1, 0.15) is 30.7 Å². The fourth-order valence-corrected chi connectivity index (χ4v) is 2.07. The summed E-state index contributed by atoms with van der Waals surface area (Å²) in [6.45, 7) is 8.90. The molecule has 0 aliphatic carbocycles. The van der Waals surface area contributed by atoms with Gasteiger partial charge in [-0.05, 0) is 27.7 Å². The number of hydrogen-bond acceptors (Lipinski definition) is 5. The van der Waals surface area contributed by atoms with Gasteiger partial charge in [-0.25, -0.2) is 0 Å². The van der Waals surface area contributed by atoms with E-state index in [1.54, 1.807) is 13.3 Å². The van der Waals surface area contributed by atoms with Crippen LogP contribution >= 0.6 is 0 Å². The average molecular weight is 280 g/mol. The molecule has 0 aliphatic rings. The van der Waals surface area contributed by atoms with E-state index in [0.717, 1.165) is 22.6 Å². The summed E-state index contributed by atoms with van der Waals surface area (Å²) in [6.07, 6.45) is 1.80. The van der Waals surface area contributed by atoms with E-state index in [1.807, 2.05) is 32.6 Å². The molecule has 0 radical (unpaired) electrons. The van der Waals surface area contributed by atoms with Crippen molar-refractivity contribution in [2.45, 2.75) is 40.3 Å². The standard InChI is InChI=1S/C15H24N2O3/c1-10(2)17(9-14(18)19-5)8-13-12(4)15(20-6)11(3)7-16-13/h7,10H,8-9H2,1-6H3. The van der Waals surface area contributed by atoms with E-state index in [9.17, 15) is 4.79 Å². The molecule has 112 valence electrons. The Hall–Kier alpha value is -1.62. The molecule has 0 saturated carbocycles. The fraction of sp³-hybridized carbons (Fsp3) is 0.600. The Balaban J connectivity index is 2.97. The number of carbonyl (C=O) groups is 1. The molecule has 0 N–H and O–H groups in total. The second-order valence-electron chi connectivity index (χ2n) is 5.12. The van der Waals surface area contributed by atoms with Gasteiger partial charge in [-0.1, -0.05) is 0 Å². The second kappa shape index (κ2) is 7.24. The van der Waals surface area contributed by atoms with Gasteiger partial charge in [-0.3, -0.25) is 14.7 Å². The Morgan fingerprint density at radius 3 is 2.50 bits per heavy atom. The summed E-state index contributed by atoms with van der Waals surface area (Å²) in [5.41, 5.74) is 2.95. The monoisotopic (exact) mass is 280 g/mol. The molecule has 0 spiro atoms. The topological polar surface area (TPSA) is 51.7 Å². The highest BCUT2D eigenvalue weighted by atomic mass is 16.5. The maximum absolute atomic E-state index is 11.5. The second-order valence-corrected chi connectivity index (χ2v) is 5.12. The van der Waals surface area contributed by atoms with Crippen molar-refractivity contribution in [1.29, 1.82) is 0 Å². The van der Waals surface area contributed by atoms with E-state index < -0.39 is 0 Å². The van der Waals surface area contributed by atoms with Gasteiger partial charge in [0.2, 0.25) is 0 Å². The predicted molar refractivity (Wildman–Crippen MR) is 77.8 cm³/mol. The molecule has 1 aromatic heterocycles. The van der Waals surface area contributed by atoms with Gasteiger partial charge in [0.15, 0.2) is 0 Å². The van der Waals surface area contributed by atoms with Gasteiger partial charge in [0.1, 0.15) is 5.75 Å². The number of hydrogen-bond donors (Lipinski definition) is 0. The molecule has 0 amide bonds. The minimum Gasteiger partial charge on any atom is -0.496 e. The van der Waals surface area contributed by atoms with Crippen molar-refractivity contribution in [1.82, 2.24) is 9.88 Å². The summed E-state index contributed by atoms with van der Waals surface area (Å²) < 4.78 is 10.1. The Bertz CT molecular complexity index is 472. The lowest BCUT2D eigenvalue weighted by atomic mass is 10.1. The van der Waals surface area contributed by atoms with Crippen molar-refractivity contribution in [3.63, 3.8) is 0 Å².